The number of anilines is 2. The van der Waals surface area contributed by atoms with Gasteiger partial charge in [-0.15, -0.1) is 0 Å². The van der Waals surface area contributed by atoms with Crippen molar-refractivity contribution in [3.63, 3.8) is 0 Å². The second-order valence-electron chi connectivity index (χ2n) is 7.68. The Balaban J connectivity index is 1.50. The van der Waals surface area contributed by atoms with E-state index < -0.39 is 6.04 Å². The predicted octanol–water partition coefficient (Wildman–Crippen LogP) is 5.13. The highest BCUT2D eigenvalue weighted by Gasteiger charge is 2.28. The van der Waals surface area contributed by atoms with Crippen molar-refractivity contribution in [1.82, 2.24) is 9.97 Å². The maximum absolute atomic E-state index is 13.1. The molecule has 1 aliphatic rings. The molecule has 6 rings (SSSR count). The number of rotatable bonds is 3. The minimum atomic E-state index is -0.489. The molecule has 0 saturated carbocycles. The molecule has 3 N–H and O–H groups in total. The Labute approximate surface area is 192 Å². The molecule has 3 aromatic carbocycles. The summed E-state index contributed by atoms with van der Waals surface area (Å²) in [7, 11) is 1.63. The standard InChI is InChI=1S/C25H19N5O2S/c1-32-15-12-10-14(11-13-15)21-20-22(16-6-2-3-7-17(16)26-23(20)31)29-24(28-21)30-25-27-18-8-4-5-9-19(18)33-25/h2-13,21H,1H3,(H,26,31)(H2,27,28,29,30)/t21-/m0/s1. The van der Waals surface area contributed by atoms with E-state index in [-0.39, 0.29) is 5.56 Å². The van der Waals surface area contributed by atoms with Gasteiger partial charge in [-0.1, -0.05) is 53.8 Å². The monoisotopic (exact) mass is 453 g/mol. The van der Waals surface area contributed by atoms with Crippen LogP contribution >= 0.6 is 11.3 Å². The Hall–Kier alpha value is -4.17. The van der Waals surface area contributed by atoms with Gasteiger partial charge in [-0.25, -0.2) is 9.98 Å². The van der Waals surface area contributed by atoms with Crippen LogP contribution in [0.2, 0.25) is 0 Å². The first-order valence-electron chi connectivity index (χ1n) is 10.5. The first kappa shape index (κ1) is 19.5. The lowest BCUT2D eigenvalue weighted by Gasteiger charge is -2.26. The van der Waals surface area contributed by atoms with Crippen LogP contribution in [0, 0.1) is 0 Å². The summed E-state index contributed by atoms with van der Waals surface area (Å²) in [5, 5.41) is 8.33. The van der Waals surface area contributed by atoms with E-state index in [1.165, 1.54) is 0 Å². The number of para-hydroxylation sites is 2. The van der Waals surface area contributed by atoms with Crippen LogP contribution in [0.4, 0.5) is 10.8 Å². The number of aliphatic imine (C=N–C) groups is 1. The lowest BCUT2D eigenvalue weighted by molar-refractivity contribution is 0.414. The van der Waals surface area contributed by atoms with Gasteiger partial charge in [0, 0.05) is 5.39 Å². The van der Waals surface area contributed by atoms with Crippen molar-refractivity contribution in [2.45, 2.75) is 6.04 Å². The van der Waals surface area contributed by atoms with Gasteiger partial charge in [-0.2, -0.15) is 0 Å². The Bertz CT molecular complexity index is 1550. The van der Waals surface area contributed by atoms with E-state index in [0.717, 1.165) is 43.3 Å². The van der Waals surface area contributed by atoms with Crippen LogP contribution in [-0.4, -0.2) is 23.0 Å². The zero-order chi connectivity index (χ0) is 22.4. The number of methoxy groups -OCH3 is 1. The molecular weight excluding hydrogens is 434 g/mol. The summed E-state index contributed by atoms with van der Waals surface area (Å²) in [6.07, 6.45) is 0. The molecule has 0 saturated heterocycles. The van der Waals surface area contributed by atoms with Crippen LogP contribution in [0.3, 0.4) is 0 Å². The third-order valence-electron chi connectivity index (χ3n) is 5.68. The number of hydrogen-bond acceptors (Lipinski definition) is 7. The first-order chi connectivity index (χ1) is 16.2. The van der Waals surface area contributed by atoms with Crippen LogP contribution < -0.4 is 20.9 Å². The summed E-state index contributed by atoms with van der Waals surface area (Å²) < 4.78 is 6.39. The Morgan fingerprint density at radius 2 is 1.79 bits per heavy atom. The Morgan fingerprint density at radius 3 is 2.61 bits per heavy atom. The van der Waals surface area contributed by atoms with Crippen molar-refractivity contribution in [3.05, 3.63) is 94.3 Å². The maximum Gasteiger partial charge on any atom is 0.256 e. The van der Waals surface area contributed by atoms with Crippen LogP contribution in [0.5, 0.6) is 5.75 Å². The molecule has 1 atom stereocenters. The molecule has 0 unspecified atom stereocenters. The lowest BCUT2D eigenvalue weighted by atomic mass is 9.95. The maximum atomic E-state index is 13.1. The highest BCUT2D eigenvalue weighted by atomic mass is 32.1. The molecule has 2 aromatic heterocycles. The normalized spacial score (nSPS) is 15.1. The molecule has 0 fully saturated rings. The first-order valence-corrected chi connectivity index (χ1v) is 11.3. The minimum absolute atomic E-state index is 0.167. The van der Waals surface area contributed by atoms with E-state index in [4.69, 9.17) is 9.73 Å². The summed E-state index contributed by atoms with van der Waals surface area (Å²) in [5.74, 6) is 1.29. The molecule has 162 valence electrons. The van der Waals surface area contributed by atoms with Crippen molar-refractivity contribution in [2.75, 3.05) is 17.7 Å². The number of aromatic amines is 1. The number of fused-ring (bicyclic) bond motifs is 4. The third-order valence-corrected chi connectivity index (χ3v) is 6.64. The fourth-order valence-electron chi connectivity index (χ4n) is 4.12. The van der Waals surface area contributed by atoms with Gasteiger partial charge >= 0.3 is 0 Å². The van der Waals surface area contributed by atoms with Crippen LogP contribution in [0.15, 0.2) is 82.6 Å². The number of aromatic nitrogens is 2. The molecule has 0 amide bonds. The smallest absolute Gasteiger partial charge is 0.256 e. The molecule has 0 radical (unpaired) electrons. The lowest BCUT2D eigenvalue weighted by Crippen LogP contribution is -2.32. The van der Waals surface area contributed by atoms with Crippen molar-refractivity contribution in [3.8, 4) is 5.75 Å². The van der Waals surface area contributed by atoms with Crippen LogP contribution in [0.25, 0.3) is 21.1 Å². The summed E-state index contributed by atoms with van der Waals surface area (Å²) in [4.78, 5) is 25.7. The second-order valence-corrected chi connectivity index (χ2v) is 8.71. The quantitative estimate of drug-likeness (QED) is 0.352. The number of hydrogen-bond donors (Lipinski definition) is 3. The van der Waals surface area contributed by atoms with Crippen molar-refractivity contribution in [1.29, 1.82) is 0 Å². The fraction of sp³-hybridized carbons (Fsp3) is 0.0800. The molecule has 3 heterocycles. The number of ether oxygens (including phenoxy) is 1. The number of guanidine groups is 1. The number of nitrogens with one attached hydrogen (secondary N) is 3. The number of nitrogens with zero attached hydrogens (tertiary/aromatic N) is 2. The number of H-pyrrole nitrogens is 1. The van der Waals surface area contributed by atoms with E-state index >= 15 is 0 Å². The SMILES string of the molecule is COc1ccc([C@@H]2N=C(Nc3nc4ccccc4s3)Nc3c2c(=O)[nH]c2ccccc32)cc1. The Kier molecular flexibility index (Phi) is 4.58. The van der Waals surface area contributed by atoms with Gasteiger partial charge in [0.25, 0.3) is 5.56 Å². The average Bonchev–Trinajstić information content (AvgIpc) is 3.26. The average molecular weight is 454 g/mol. The van der Waals surface area contributed by atoms with Gasteiger partial charge in [0.15, 0.2) is 5.13 Å². The highest BCUT2D eigenvalue weighted by Crippen LogP contribution is 2.37. The van der Waals surface area contributed by atoms with Crippen molar-refractivity contribution < 1.29 is 4.74 Å². The number of pyridine rings is 1. The molecule has 0 aliphatic carbocycles. The van der Waals surface area contributed by atoms with E-state index in [2.05, 4.69) is 20.6 Å². The Morgan fingerprint density at radius 1 is 1.00 bits per heavy atom. The molecule has 33 heavy (non-hydrogen) atoms. The molecule has 7 nitrogen and oxygen atoms in total. The zero-order valence-electron chi connectivity index (χ0n) is 17.6. The largest absolute Gasteiger partial charge is 0.497 e. The zero-order valence-corrected chi connectivity index (χ0v) is 18.4. The molecule has 8 heteroatoms. The molecule has 0 bridgehead atoms. The predicted molar refractivity (Wildman–Crippen MR) is 134 cm³/mol. The summed E-state index contributed by atoms with van der Waals surface area (Å²) >= 11 is 1.55. The molecule has 1 aliphatic heterocycles. The number of benzene rings is 3. The summed E-state index contributed by atoms with van der Waals surface area (Å²) in [6, 6.07) is 22.9. The van der Waals surface area contributed by atoms with E-state index in [9.17, 15) is 4.79 Å². The minimum Gasteiger partial charge on any atom is -0.497 e. The third kappa shape index (κ3) is 3.41. The van der Waals surface area contributed by atoms with Crippen LogP contribution in [-0.2, 0) is 0 Å². The highest BCUT2D eigenvalue weighted by molar-refractivity contribution is 7.22. The fourth-order valence-corrected chi connectivity index (χ4v) is 4.98. The number of thiazole rings is 1. The van der Waals surface area contributed by atoms with Crippen molar-refractivity contribution in [2.24, 2.45) is 4.99 Å². The molecule has 5 aromatic rings. The van der Waals surface area contributed by atoms with E-state index in [1.807, 2.05) is 72.8 Å². The summed E-state index contributed by atoms with van der Waals surface area (Å²) in [5.41, 5.74) is 3.74. The van der Waals surface area contributed by atoms with Gasteiger partial charge in [-0.05, 0) is 35.9 Å². The van der Waals surface area contributed by atoms with Gasteiger partial charge in [0.2, 0.25) is 5.96 Å². The van der Waals surface area contributed by atoms with E-state index in [0.29, 0.717) is 11.5 Å². The molecular formula is C25H19N5O2S. The molecule has 0 spiro atoms. The van der Waals surface area contributed by atoms with Gasteiger partial charge < -0.3 is 20.4 Å². The topological polar surface area (TPSA) is 91.4 Å². The second kappa shape index (κ2) is 7.75. The van der Waals surface area contributed by atoms with Gasteiger partial charge in [-0.3, -0.25) is 4.79 Å². The van der Waals surface area contributed by atoms with E-state index in [1.54, 1.807) is 18.4 Å². The van der Waals surface area contributed by atoms with Gasteiger partial charge in [0.05, 0.1) is 34.1 Å². The van der Waals surface area contributed by atoms with Crippen LogP contribution in [0.1, 0.15) is 17.2 Å². The summed E-state index contributed by atoms with van der Waals surface area (Å²) in [6.45, 7) is 0. The van der Waals surface area contributed by atoms with Crippen molar-refractivity contribution >= 4 is 49.2 Å². The van der Waals surface area contributed by atoms with Gasteiger partial charge in [0.1, 0.15) is 11.8 Å².